The molecule has 0 atom stereocenters. The molecule has 0 unspecified atom stereocenters. The molecule has 4 rings (SSSR count). The first kappa shape index (κ1) is 21.1. The van der Waals surface area contributed by atoms with Crippen LogP contribution in [0.25, 0.3) is 10.9 Å². The summed E-state index contributed by atoms with van der Waals surface area (Å²) in [6, 6.07) is 14.3. The molecule has 0 spiro atoms. The fourth-order valence-corrected chi connectivity index (χ4v) is 4.09. The highest BCUT2D eigenvalue weighted by atomic mass is 35.5. The van der Waals surface area contributed by atoms with Crippen molar-refractivity contribution in [2.45, 2.75) is 19.4 Å². The third-order valence-corrected chi connectivity index (χ3v) is 5.87. The molecule has 1 saturated heterocycles. The van der Waals surface area contributed by atoms with Crippen LogP contribution in [0.1, 0.15) is 23.2 Å². The molecule has 2 aromatic carbocycles. The van der Waals surface area contributed by atoms with Gasteiger partial charge >= 0.3 is 0 Å². The number of amides is 2. The van der Waals surface area contributed by atoms with Crippen molar-refractivity contribution < 1.29 is 9.59 Å². The quantitative estimate of drug-likeness (QED) is 0.627. The second kappa shape index (κ2) is 9.31. The van der Waals surface area contributed by atoms with Crippen LogP contribution in [0.5, 0.6) is 0 Å². The minimum atomic E-state index is -0.131. The second-order valence-corrected chi connectivity index (χ2v) is 7.91. The molecular weight excluding hydrogens is 416 g/mol. The van der Waals surface area contributed by atoms with E-state index in [9.17, 15) is 14.4 Å². The average Bonchev–Trinajstić information content (AvgIpc) is 3.05. The van der Waals surface area contributed by atoms with Crippen LogP contribution in [-0.2, 0) is 11.3 Å². The van der Waals surface area contributed by atoms with Crippen molar-refractivity contribution in [2.24, 2.45) is 0 Å². The van der Waals surface area contributed by atoms with E-state index in [4.69, 9.17) is 11.6 Å². The highest BCUT2D eigenvalue weighted by molar-refractivity contribution is 6.33. The van der Waals surface area contributed by atoms with Gasteiger partial charge in [-0.05, 0) is 30.7 Å². The summed E-state index contributed by atoms with van der Waals surface area (Å²) < 4.78 is 1.69. The summed E-state index contributed by atoms with van der Waals surface area (Å²) in [5.41, 5.74) is 1.07. The van der Waals surface area contributed by atoms with Crippen molar-refractivity contribution >= 4 is 34.3 Å². The van der Waals surface area contributed by atoms with Gasteiger partial charge in [0.15, 0.2) is 0 Å². The molecule has 0 aliphatic carbocycles. The Morgan fingerprint density at radius 2 is 1.65 bits per heavy atom. The van der Waals surface area contributed by atoms with Crippen LogP contribution in [0.4, 0.5) is 0 Å². The summed E-state index contributed by atoms with van der Waals surface area (Å²) in [6.45, 7) is 2.52. The topological polar surface area (TPSA) is 75.5 Å². The third kappa shape index (κ3) is 4.61. The van der Waals surface area contributed by atoms with Gasteiger partial charge in [-0.3, -0.25) is 19.1 Å². The molecule has 1 aliphatic rings. The van der Waals surface area contributed by atoms with Crippen LogP contribution in [0.3, 0.4) is 0 Å². The zero-order chi connectivity index (χ0) is 21.8. The van der Waals surface area contributed by atoms with E-state index in [1.807, 2.05) is 18.2 Å². The number of carbonyl (C=O) groups is 2. The summed E-state index contributed by atoms with van der Waals surface area (Å²) in [7, 11) is 0. The fraction of sp³-hybridized carbons (Fsp3) is 0.304. The van der Waals surface area contributed by atoms with Gasteiger partial charge < -0.3 is 9.80 Å². The van der Waals surface area contributed by atoms with Gasteiger partial charge in [-0.15, -0.1) is 0 Å². The smallest absolute Gasteiger partial charge is 0.255 e. The molecule has 2 amide bonds. The Labute approximate surface area is 184 Å². The number of carbonyl (C=O) groups excluding carboxylic acids is 2. The van der Waals surface area contributed by atoms with Crippen molar-refractivity contribution in [2.75, 3.05) is 26.2 Å². The monoisotopic (exact) mass is 438 g/mol. The number of para-hydroxylation sites is 1. The number of hydrogen-bond donors (Lipinski definition) is 0. The average molecular weight is 439 g/mol. The molecule has 0 bridgehead atoms. The van der Waals surface area contributed by atoms with Crippen LogP contribution in [-0.4, -0.2) is 57.6 Å². The molecule has 3 aromatic rings. The van der Waals surface area contributed by atoms with E-state index in [2.05, 4.69) is 5.10 Å². The zero-order valence-corrected chi connectivity index (χ0v) is 17.8. The van der Waals surface area contributed by atoms with Crippen molar-refractivity contribution in [3.63, 3.8) is 0 Å². The molecule has 2 heterocycles. The lowest BCUT2D eigenvalue weighted by atomic mass is 10.2. The predicted molar refractivity (Wildman–Crippen MR) is 119 cm³/mol. The number of halogens is 1. The Morgan fingerprint density at radius 1 is 0.935 bits per heavy atom. The third-order valence-electron chi connectivity index (χ3n) is 5.54. The van der Waals surface area contributed by atoms with Gasteiger partial charge in [-0.25, -0.2) is 0 Å². The van der Waals surface area contributed by atoms with Gasteiger partial charge in [-0.2, -0.15) is 5.10 Å². The summed E-state index contributed by atoms with van der Waals surface area (Å²) in [5.74, 6) is -0.0968. The molecule has 7 nitrogen and oxygen atoms in total. The molecule has 1 fully saturated rings. The maximum Gasteiger partial charge on any atom is 0.255 e. The summed E-state index contributed by atoms with van der Waals surface area (Å²) in [5, 5.41) is 5.21. The number of rotatable bonds is 4. The first-order valence-corrected chi connectivity index (χ1v) is 10.7. The van der Waals surface area contributed by atoms with Crippen molar-refractivity contribution in [1.82, 2.24) is 19.6 Å². The largest absolute Gasteiger partial charge is 0.341 e. The predicted octanol–water partition coefficient (Wildman–Crippen LogP) is 2.81. The lowest BCUT2D eigenvalue weighted by Gasteiger charge is -2.23. The number of benzene rings is 2. The molecule has 0 N–H and O–H groups in total. The van der Waals surface area contributed by atoms with Crippen LogP contribution in [0.2, 0.25) is 5.02 Å². The molecule has 1 aliphatic heterocycles. The summed E-state index contributed by atoms with van der Waals surface area (Å²) >= 11 is 6.17. The highest BCUT2D eigenvalue weighted by Crippen LogP contribution is 2.18. The van der Waals surface area contributed by atoms with E-state index < -0.39 is 0 Å². The van der Waals surface area contributed by atoms with Crippen LogP contribution >= 0.6 is 11.6 Å². The SMILES string of the molecule is O=C(CCn1ncc(=O)c2ccccc21)N1CCCN(C(=O)c2ccccc2Cl)CC1. The maximum atomic E-state index is 12.8. The lowest BCUT2D eigenvalue weighted by Crippen LogP contribution is -2.37. The molecule has 160 valence electrons. The number of nitrogens with zero attached hydrogens (tertiary/aromatic N) is 4. The summed E-state index contributed by atoms with van der Waals surface area (Å²) in [6.07, 6.45) is 2.27. The standard InChI is InChI=1S/C23H23ClN4O3/c24-19-8-3-1-6-17(19)23(31)27-12-5-11-26(14-15-27)22(30)10-13-28-20-9-4-2-7-18(20)21(29)16-25-28/h1-4,6-9,16H,5,10-15H2. The fourth-order valence-electron chi connectivity index (χ4n) is 3.87. The second-order valence-electron chi connectivity index (χ2n) is 7.51. The van der Waals surface area contributed by atoms with Gasteiger partial charge in [-0.1, -0.05) is 35.9 Å². The number of fused-ring (bicyclic) bond motifs is 1. The minimum Gasteiger partial charge on any atom is -0.341 e. The van der Waals surface area contributed by atoms with Gasteiger partial charge in [0, 0.05) is 38.0 Å². The van der Waals surface area contributed by atoms with Crippen molar-refractivity contribution in [1.29, 1.82) is 0 Å². The Kier molecular flexibility index (Phi) is 6.32. The van der Waals surface area contributed by atoms with Crippen molar-refractivity contribution in [3.05, 3.63) is 75.5 Å². The van der Waals surface area contributed by atoms with Gasteiger partial charge in [0.25, 0.3) is 5.91 Å². The van der Waals surface area contributed by atoms with Gasteiger partial charge in [0.1, 0.15) is 0 Å². The normalized spacial score (nSPS) is 14.5. The van der Waals surface area contributed by atoms with E-state index >= 15 is 0 Å². The van der Waals surface area contributed by atoms with E-state index in [-0.39, 0.29) is 23.7 Å². The Balaban J connectivity index is 1.38. The van der Waals surface area contributed by atoms with Crippen LogP contribution in [0.15, 0.2) is 59.5 Å². The van der Waals surface area contributed by atoms with Crippen molar-refractivity contribution in [3.8, 4) is 0 Å². The Hall–Kier alpha value is -3.19. The molecule has 1 aromatic heterocycles. The van der Waals surface area contributed by atoms with E-state index in [1.165, 1.54) is 6.20 Å². The van der Waals surface area contributed by atoms with E-state index in [0.29, 0.717) is 55.1 Å². The number of aryl methyl sites for hydroxylation is 1. The minimum absolute atomic E-state index is 0.0108. The number of aromatic nitrogens is 2. The van der Waals surface area contributed by atoms with E-state index in [1.54, 1.807) is 44.8 Å². The van der Waals surface area contributed by atoms with Crippen LogP contribution in [0, 0.1) is 0 Å². The zero-order valence-electron chi connectivity index (χ0n) is 17.0. The Morgan fingerprint density at radius 3 is 2.48 bits per heavy atom. The van der Waals surface area contributed by atoms with E-state index in [0.717, 1.165) is 5.52 Å². The maximum absolute atomic E-state index is 12.8. The first-order chi connectivity index (χ1) is 15.0. The highest BCUT2D eigenvalue weighted by Gasteiger charge is 2.23. The molecule has 0 saturated carbocycles. The lowest BCUT2D eigenvalue weighted by molar-refractivity contribution is -0.131. The molecule has 31 heavy (non-hydrogen) atoms. The van der Waals surface area contributed by atoms with Crippen LogP contribution < -0.4 is 5.43 Å². The van der Waals surface area contributed by atoms with Gasteiger partial charge in [0.05, 0.1) is 28.8 Å². The Bertz CT molecular complexity index is 1180. The number of hydrogen-bond acceptors (Lipinski definition) is 4. The first-order valence-electron chi connectivity index (χ1n) is 10.3. The summed E-state index contributed by atoms with van der Waals surface area (Å²) in [4.78, 5) is 41.2. The molecular formula is C23H23ClN4O3. The molecule has 0 radical (unpaired) electrons. The van der Waals surface area contributed by atoms with Gasteiger partial charge in [0.2, 0.25) is 11.3 Å². The molecule has 8 heteroatoms.